The molecule has 1 amide bonds. The number of nitrogens with two attached hydrogens (primary N) is 2. The van der Waals surface area contributed by atoms with Gasteiger partial charge in [0.15, 0.2) is 0 Å². The smallest absolute Gasteiger partial charge is 0.242 e. The van der Waals surface area contributed by atoms with Crippen LogP contribution in [0.4, 0.5) is 4.39 Å². The van der Waals surface area contributed by atoms with Crippen LogP contribution in [-0.2, 0) is 4.79 Å². The van der Waals surface area contributed by atoms with Gasteiger partial charge in [-0.05, 0) is 39.2 Å². The number of nitrogens with zero attached hydrogens (tertiary/aromatic N) is 4. The lowest BCUT2D eigenvalue weighted by Gasteiger charge is -2.39. The number of carbonyl (C=O) groups excluding carboxylic acids is 1. The third-order valence-electron chi connectivity index (χ3n) is 7.19. The molecule has 1 saturated heterocycles. The molecule has 3 heterocycles. The molecular formula is C25H44FN8O+. The number of allylic oxidation sites excluding steroid dienone is 2. The quantitative estimate of drug-likeness (QED) is 0.270. The summed E-state index contributed by atoms with van der Waals surface area (Å²) < 4.78 is 16.0. The predicted molar refractivity (Wildman–Crippen MR) is 137 cm³/mol. The van der Waals surface area contributed by atoms with Crippen LogP contribution in [-0.4, -0.2) is 82.6 Å². The van der Waals surface area contributed by atoms with Crippen molar-refractivity contribution in [3.63, 3.8) is 0 Å². The number of amides is 1. The highest BCUT2D eigenvalue weighted by Crippen LogP contribution is 2.26. The number of unbranched alkanes of at least 4 members (excludes halogenated alkanes) is 1. The summed E-state index contributed by atoms with van der Waals surface area (Å²) in [4.78, 5) is 17.9. The van der Waals surface area contributed by atoms with Crippen molar-refractivity contribution >= 4 is 12.1 Å². The van der Waals surface area contributed by atoms with Crippen molar-refractivity contribution in [2.45, 2.75) is 77.8 Å². The summed E-state index contributed by atoms with van der Waals surface area (Å²) in [7, 11) is 1.76. The number of carbonyl (C=O) groups is 1. The highest BCUT2D eigenvalue weighted by molar-refractivity contribution is 5.82. The lowest BCUT2D eigenvalue weighted by Crippen LogP contribution is -2.61. The summed E-state index contributed by atoms with van der Waals surface area (Å²) in [6, 6.07) is 0.312. The van der Waals surface area contributed by atoms with E-state index in [4.69, 9.17) is 11.5 Å². The van der Waals surface area contributed by atoms with Crippen LogP contribution in [0.25, 0.3) is 0 Å². The van der Waals surface area contributed by atoms with E-state index in [2.05, 4.69) is 46.8 Å². The monoisotopic (exact) mass is 491 g/mol. The molecule has 3 aliphatic rings. The molecule has 0 bridgehead atoms. The zero-order chi connectivity index (χ0) is 25.7. The Hall–Kier alpha value is -2.43. The Morgan fingerprint density at radius 2 is 2.11 bits per heavy atom. The van der Waals surface area contributed by atoms with Gasteiger partial charge in [-0.3, -0.25) is 4.79 Å². The molecule has 1 fully saturated rings. The molecule has 3 aliphatic heterocycles. The van der Waals surface area contributed by atoms with Crippen LogP contribution in [0.3, 0.4) is 0 Å². The molecular weight excluding hydrogens is 447 g/mol. The van der Waals surface area contributed by atoms with Crippen LogP contribution in [0, 0.1) is 5.92 Å². The largest absolute Gasteiger partial charge is 0.371 e. The van der Waals surface area contributed by atoms with Crippen LogP contribution in [0.15, 0.2) is 35.7 Å². The highest BCUT2D eigenvalue weighted by atomic mass is 19.1. The number of rotatable bonds is 10. The van der Waals surface area contributed by atoms with Crippen LogP contribution >= 0.6 is 0 Å². The van der Waals surface area contributed by atoms with E-state index in [1.165, 1.54) is 12.4 Å². The average molecular weight is 492 g/mol. The van der Waals surface area contributed by atoms with Crippen molar-refractivity contribution in [3.05, 3.63) is 35.7 Å². The molecule has 196 valence electrons. The highest BCUT2D eigenvalue weighted by Gasteiger charge is 2.45. The molecule has 10 heteroatoms. The van der Waals surface area contributed by atoms with Crippen molar-refractivity contribution in [3.8, 4) is 0 Å². The molecule has 0 spiro atoms. The molecule has 9 nitrogen and oxygen atoms in total. The van der Waals surface area contributed by atoms with E-state index in [9.17, 15) is 9.18 Å². The third kappa shape index (κ3) is 6.23. The summed E-state index contributed by atoms with van der Waals surface area (Å²) in [5.41, 5.74) is 17.6. The zero-order valence-corrected chi connectivity index (χ0v) is 21.9. The topological polar surface area (TPSA) is 106 Å². The second-order valence-electron chi connectivity index (χ2n) is 9.94. The summed E-state index contributed by atoms with van der Waals surface area (Å²) in [5, 5.41) is 5.31. The minimum atomic E-state index is -0.930. The standard InChI is InChI=1S/C25H43FN8O/c1-6-8-12-32-13-10-21(34-18(4)9-11-29-34)20(16-32)30-24(35)22(23(27)28)25-31(5)14-19(26)15-33(25)17(3)7-2/h10,13-15,17-18,22-23,25,29H,6-9,11-12,16,27-28H2,1-5H3/p+1. The summed E-state index contributed by atoms with van der Waals surface area (Å²) >= 11 is 0. The average Bonchev–Trinajstić information content (AvgIpc) is 3.23. The van der Waals surface area contributed by atoms with Crippen LogP contribution in [0.2, 0.25) is 0 Å². The molecule has 0 aliphatic carbocycles. The number of halogens is 1. The van der Waals surface area contributed by atoms with E-state index in [0.717, 1.165) is 50.2 Å². The number of hydrogen-bond acceptors (Lipinski definition) is 7. The van der Waals surface area contributed by atoms with E-state index in [-0.39, 0.29) is 17.8 Å². The fourth-order valence-corrected chi connectivity index (χ4v) is 4.97. The molecule has 4 atom stereocenters. The van der Waals surface area contributed by atoms with E-state index in [0.29, 0.717) is 12.6 Å². The van der Waals surface area contributed by atoms with Crippen LogP contribution < -0.4 is 22.2 Å². The van der Waals surface area contributed by atoms with Crippen molar-refractivity contribution in [2.75, 3.05) is 26.7 Å². The Kier molecular flexibility index (Phi) is 9.32. The molecule has 6 N–H and O–H groups in total. The number of hydrazine groups is 1. The van der Waals surface area contributed by atoms with E-state index < -0.39 is 18.2 Å². The van der Waals surface area contributed by atoms with Gasteiger partial charge < -0.3 is 31.6 Å². The number of hydrogen-bond donors (Lipinski definition) is 4. The minimum absolute atomic E-state index is 0.00234. The molecule has 0 aromatic heterocycles. The molecule has 0 aromatic carbocycles. The van der Waals surface area contributed by atoms with Crippen molar-refractivity contribution < 1.29 is 13.8 Å². The first-order valence-corrected chi connectivity index (χ1v) is 12.9. The molecule has 4 unspecified atom stereocenters. The van der Waals surface area contributed by atoms with Gasteiger partial charge in [0.05, 0.1) is 24.1 Å². The maximum Gasteiger partial charge on any atom is 0.242 e. The van der Waals surface area contributed by atoms with Crippen molar-refractivity contribution in [2.24, 2.45) is 17.4 Å². The minimum Gasteiger partial charge on any atom is -0.371 e. The zero-order valence-electron chi connectivity index (χ0n) is 21.9. The lowest BCUT2D eigenvalue weighted by atomic mass is 9.97. The summed E-state index contributed by atoms with van der Waals surface area (Å²) in [6.07, 6.45) is 9.55. The normalized spacial score (nSPS) is 24.7. The van der Waals surface area contributed by atoms with E-state index in [1.807, 2.05) is 18.7 Å². The molecule has 0 saturated carbocycles. The van der Waals surface area contributed by atoms with Gasteiger partial charge in [-0.15, -0.1) is 0 Å². The van der Waals surface area contributed by atoms with Crippen LogP contribution in [0.1, 0.15) is 53.4 Å². The van der Waals surface area contributed by atoms with Crippen molar-refractivity contribution in [1.82, 2.24) is 25.6 Å². The van der Waals surface area contributed by atoms with Gasteiger partial charge in [-0.1, -0.05) is 20.3 Å². The Balaban J connectivity index is 1.92. The molecule has 35 heavy (non-hydrogen) atoms. The molecule has 0 radical (unpaired) electrons. The maximum atomic E-state index is 14.3. The first-order chi connectivity index (χ1) is 16.7. The van der Waals surface area contributed by atoms with E-state index in [1.54, 1.807) is 11.6 Å². The second-order valence-corrected chi connectivity index (χ2v) is 9.94. The Morgan fingerprint density at radius 3 is 2.71 bits per heavy atom. The SMILES string of the molecule is CCCCN1C=CC(N2NCCC2C)=C(NC(=O)C(C(N)N)C2N(C(C)CC)C=C(F)C=[N+]2C)C1. The van der Waals surface area contributed by atoms with Gasteiger partial charge in [0.1, 0.15) is 13.0 Å². The Morgan fingerprint density at radius 1 is 1.37 bits per heavy atom. The third-order valence-corrected chi connectivity index (χ3v) is 7.19. The molecule has 0 aromatic rings. The van der Waals surface area contributed by atoms with Gasteiger partial charge in [-0.2, -0.15) is 4.39 Å². The first-order valence-electron chi connectivity index (χ1n) is 12.9. The fraction of sp³-hybridized carbons (Fsp3) is 0.680. The van der Waals surface area contributed by atoms with Gasteiger partial charge in [0, 0.05) is 37.6 Å². The number of nitrogens with one attached hydrogen (secondary N) is 2. The summed E-state index contributed by atoms with van der Waals surface area (Å²) in [5.74, 6) is -1.42. The fourth-order valence-electron chi connectivity index (χ4n) is 4.97. The Bertz CT molecular complexity index is 883. The van der Waals surface area contributed by atoms with Gasteiger partial charge in [-0.25, -0.2) is 10.0 Å². The first kappa shape index (κ1) is 27.2. The summed E-state index contributed by atoms with van der Waals surface area (Å²) in [6.45, 7) is 10.8. The maximum absolute atomic E-state index is 14.3. The van der Waals surface area contributed by atoms with Gasteiger partial charge >= 0.3 is 0 Å². The van der Waals surface area contributed by atoms with Crippen molar-refractivity contribution in [1.29, 1.82) is 0 Å². The second kappa shape index (κ2) is 12.0. The predicted octanol–water partition coefficient (Wildman–Crippen LogP) is 1.37. The Labute approximate surface area is 209 Å². The lowest BCUT2D eigenvalue weighted by molar-refractivity contribution is -0.569. The van der Waals surface area contributed by atoms with Crippen LogP contribution in [0.5, 0.6) is 0 Å². The van der Waals surface area contributed by atoms with E-state index >= 15 is 0 Å². The van der Waals surface area contributed by atoms with Gasteiger partial charge in [0.25, 0.3) is 0 Å². The molecule has 3 rings (SSSR count). The van der Waals surface area contributed by atoms with Gasteiger partial charge in [0.2, 0.25) is 24.1 Å².